The molecule has 0 saturated carbocycles. The van der Waals surface area contributed by atoms with E-state index in [2.05, 4.69) is 5.32 Å². The maximum atomic E-state index is 13.3. The van der Waals surface area contributed by atoms with Crippen molar-refractivity contribution in [2.75, 3.05) is 24.0 Å². The van der Waals surface area contributed by atoms with Gasteiger partial charge < -0.3 is 10.1 Å². The number of hydrogen-bond acceptors (Lipinski definition) is 4. The van der Waals surface area contributed by atoms with Crippen molar-refractivity contribution in [2.24, 2.45) is 0 Å². The minimum Gasteiger partial charge on any atom is -0.491 e. The molecule has 9 heteroatoms. The molecule has 0 atom stereocenters. The lowest BCUT2D eigenvalue weighted by molar-refractivity contribution is -0.119. The van der Waals surface area contributed by atoms with Crippen LogP contribution in [-0.4, -0.2) is 34.0 Å². The van der Waals surface area contributed by atoms with E-state index in [4.69, 9.17) is 27.9 Å². The standard InChI is InChI=1S/C23H22Cl2N2O4S/c1-17-7-5-6-10-22(17)31-12-11-26-23(28)16-27(20-14-18(24)13-19(25)15-20)32(29,30)21-8-3-2-4-9-21/h2-10,13-15H,11-12,16H2,1H3,(H,26,28). The fourth-order valence-electron chi connectivity index (χ4n) is 2.97. The molecule has 6 nitrogen and oxygen atoms in total. The summed E-state index contributed by atoms with van der Waals surface area (Å²) in [6.45, 7) is 1.93. The molecular formula is C23H22Cl2N2O4S. The molecule has 0 heterocycles. The van der Waals surface area contributed by atoms with E-state index in [1.807, 2.05) is 31.2 Å². The van der Waals surface area contributed by atoms with Crippen LogP contribution in [0.4, 0.5) is 5.69 Å². The molecule has 0 saturated heterocycles. The number of para-hydroxylation sites is 1. The summed E-state index contributed by atoms with van der Waals surface area (Å²) >= 11 is 12.2. The first-order valence-electron chi connectivity index (χ1n) is 9.76. The van der Waals surface area contributed by atoms with E-state index in [-0.39, 0.29) is 33.8 Å². The van der Waals surface area contributed by atoms with Gasteiger partial charge in [0.25, 0.3) is 10.0 Å². The smallest absolute Gasteiger partial charge is 0.264 e. The lowest BCUT2D eigenvalue weighted by Gasteiger charge is -2.24. The molecule has 0 aliphatic heterocycles. The highest BCUT2D eigenvalue weighted by Crippen LogP contribution is 2.29. The first-order valence-corrected chi connectivity index (χ1v) is 12.0. The van der Waals surface area contributed by atoms with Gasteiger partial charge in [-0.25, -0.2) is 8.42 Å². The molecule has 3 aromatic carbocycles. The van der Waals surface area contributed by atoms with Gasteiger partial charge in [0.2, 0.25) is 5.91 Å². The summed E-state index contributed by atoms with van der Waals surface area (Å²) in [6, 6.07) is 19.8. The molecule has 0 spiro atoms. The predicted molar refractivity (Wildman–Crippen MR) is 127 cm³/mol. The molecule has 0 aromatic heterocycles. The summed E-state index contributed by atoms with van der Waals surface area (Å²) in [7, 11) is -4.04. The second kappa shape index (κ2) is 10.7. The molecule has 3 rings (SSSR count). The number of anilines is 1. The Morgan fingerprint density at radius 3 is 2.25 bits per heavy atom. The summed E-state index contributed by atoms with van der Waals surface area (Å²) < 4.78 is 33.2. The Kier molecular flexibility index (Phi) is 8.01. The van der Waals surface area contributed by atoms with Gasteiger partial charge in [-0.2, -0.15) is 0 Å². The first-order chi connectivity index (χ1) is 15.3. The maximum absolute atomic E-state index is 13.3. The number of aryl methyl sites for hydroxylation is 1. The highest BCUT2D eigenvalue weighted by Gasteiger charge is 2.27. The van der Waals surface area contributed by atoms with Gasteiger partial charge in [0.05, 0.1) is 17.1 Å². The molecule has 0 aliphatic rings. The van der Waals surface area contributed by atoms with Crippen molar-refractivity contribution in [2.45, 2.75) is 11.8 Å². The van der Waals surface area contributed by atoms with Crippen LogP contribution in [0, 0.1) is 6.92 Å². The Balaban J connectivity index is 1.74. The number of carbonyl (C=O) groups excluding carboxylic acids is 1. The fraction of sp³-hybridized carbons (Fsp3) is 0.174. The number of sulfonamides is 1. The van der Waals surface area contributed by atoms with Crippen LogP contribution in [0.15, 0.2) is 77.7 Å². The maximum Gasteiger partial charge on any atom is 0.264 e. The van der Waals surface area contributed by atoms with Crippen molar-refractivity contribution < 1.29 is 17.9 Å². The molecule has 1 N–H and O–H groups in total. The number of nitrogens with one attached hydrogen (secondary N) is 1. The van der Waals surface area contributed by atoms with Crippen molar-refractivity contribution in [1.29, 1.82) is 0 Å². The number of nitrogens with zero attached hydrogens (tertiary/aromatic N) is 1. The van der Waals surface area contributed by atoms with Crippen molar-refractivity contribution in [3.05, 3.63) is 88.4 Å². The van der Waals surface area contributed by atoms with Crippen LogP contribution in [0.25, 0.3) is 0 Å². The molecule has 0 aliphatic carbocycles. The third-order valence-corrected chi connectivity index (χ3v) is 6.75. The van der Waals surface area contributed by atoms with Crippen molar-refractivity contribution in [3.8, 4) is 5.75 Å². The van der Waals surface area contributed by atoms with Gasteiger partial charge in [-0.3, -0.25) is 9.10 Å². The van der Waals surface area contributed by atoms with Crippen LogP contribution in [0.5, 0.6) is 5.75 Å². The summed E-state index contributed by atoms with van der Waals surface area (Å²) in [5, 5.41) is 3.20. The zero-order valence-corrected chi connectivity index (χ0v) is 19.6. The van der Waals surface area contributed by atoms with Gasteiger partial charge in [-0.05, 0) is 48.9 Å². The number of benzene rings is 3. The monoisotopic (exact) mass is 492 g/mol. The molecular weight excluding hydrogens is 471 g/mol. The van der Waals surface area contributed by atoms with E-state index in [9.17, 15) is 13.2 Å². The number of ether oxygens (including phenoxy) is 1. The molecule has 0 bridgehead atoms. The minimum absolute atomic E-state index is 0.0479. The summed E-state index contributed by atoms with van der Waals surface area (Å²) in [5.41, 5.74) is 1.18. The second-order valence-corrected chi connectivity index (χ2v) is 9.65. The molecule has 168 valence electrons. The second-order valence-electron chi connectivity index (χ2n) is 6.92. The lowest BCUT2D eigenvalue weighted by atomic mass is 10.2. The van der Waals surface area contributed by atoms with Crippen molar-refractivity contribution in [1.82, 2.24) is 5.32 Å². The molecule has 1 amide bonds. The van der Waals surface area contributed by atoms with Gasteiger partial charge in [0.1, 0.15) is 18.9 Å². The molecule has 0 unspecified atom stereocenters. The zero-order chi connectivity index (χ0) is 23.1. The Hall–Kier alpha value is -2.74. The lowest BCUT2D eigenvalue weighted by Crippen LogP contribution is -2.42. The molecule has 0 fully saturated rings. The highest BCUT2D eigenvalue weighted by atomic mass is 35.5. The Bertz CT molecular complexity index is 1170. The average molecular weight is 493 g/mol. The third-order valence-electron chi connectivity index (χ3n) is 4.53. The summed E-state index contributed by atoms with van der Waals surface area (Å²) in [4.78, 5) is 12.7. The fourth-order valence-corrected chi connectivity index (χ4v) is 4.91. The Morgan fingerprint density at radius 2 is 1.59 bits per heavy atom. The van der Waals surface area contributed by atoms with E-state index in [1.54, 1.807) is 18.2 Å². The number of halogens is 2. The van der Waals surface area contributed by atoms with E-state index in [0.29, 0.717) is 0 Å². The van der Waals surface area contributed by atoms with Crippen LogP contribution in [0.1, 0.15) is 5.56 Å². The van der Waals surface area contributed by atoms with E-state index in [0.717, 1.165) is 15.6 Å². The van der Waals surface area contributed by atoms with Gasteiger partial charge in [-0.1, -0.05) is 59.6 Å². The van der Waals surface area contributed by atoms with Crippen LogP contribution in [0.3, 0.4) is 0 Å². The highest BCUT2D eigenvalue weighted by molar-refractivity contribution is 7.92. The Labute approximate surface area is 197 Å². The molecule has 0 radical (unpaired) electrons. The van der Waals surface area contributed by atoms with Gasteiger partial charge in [0, 0.05) is 10.0 Å². The Morgan fingerprint density at radius 1 is 0.969 bits per heavy atom. The first kappa shape index (κ1) is 23.9. The number of carbonyl (C=O) groups is 1. The largest absolute Gasteiger partial charge is 0.491 e. The zero-order valence-electron chi connectivity index (χ0n) is 17.3. The van der Waals surface area contributed by atoms with Gasteiger partial charge in [0.15, 0.2) is 0 Å². The van der Waals surface area contributed by atoms with E-state index in [1.165, 1.54) is 30.3 Å². The van der Waals surface area contributed by atoms with Gasteiger partial charge in [-0.15, -0.1) is 0 Å². The predicted octanol–water partition coefficient (Wildman–Crippen LogP) is 4.69. The van der Waals surface area contributed by atoms with Crippen LogP contribution in [-0.2, 0) is 14.8 Å². The third kappa shape index (κ3) is 6.16. The van der Waals surface area contributed by atoms with Crippen molar-refractivity contribution >= 4 is 44.8 Å². The van der Waals surface area contributed by atoms with Crippen LogP contribution < -0.4 is 14.4 Å². The van der Waals surface area contributed by atoms with Gasteiger partial charge >= 0.3 is 0 Å². The summed E-state index contributed by atoms with van der Waals surface area (Å²) in [5.74, 6) is 0.234. The number of amides is 1. The van der Waals surface area contributed by atoms with Crippen molar-refractivity contribution in [3.63, 3.8) is 0 Å². The molecule has 3 aromatic rings. The minimum atomic E-state index is -4.04. The molecule has 32 heavy (non-hydrogen) atoms. The number of rotatable bonds is 9. The quantitative estimate of drug-likeness (QED) is 0.439. The average Bonchev–Trinajstić information content (AvgIpc) is 2.76. The normalized spacial score (nSPS) is 11.1. The van der Waals surface area contributed by atoms with Crippen LogP contribution >= 0.6 is 23.2 Å². The SMILES string of the molecule is Cc1ccccc1OCCNC(=O)CN(c1cc(Cl)cc(Cl)c1)S(=O)(=O)c1ccccc1. The number of hydrogen-bond donors (Lipinski definition) is 1. The van der Waals surface area contributed by atoms with E-state index >= 15 is 0 Å². The topological polar surface area (TPSA) is 75.7 Å². The van der Waals surface area contributed by atoms with Crippen LogP contribution in [0.2, 0.25) is 10.0 Å². The van der Waals surface area contributed by atoms with E-state index < -0.39 is 22.5 Å². The summed E-state index contributed by atoms with van der Waals surface area (Å²) in [6.07, 6.45) is 0.